The lowest BCUT2D eigenvalue weighted by atomic mass is 10.3. The zero-order chi connectivity index (χ0) is 13.0. The fourth-order valence-electron chi connectivity index (χ4n) is 1.51. The number of carbonyl (C=O) groups is 1. The SMILES string of the molecule is [CH]c1cncc(C(=O)N(C)CCc2cccs2)n1. The number of thiophene rings is 1. The molecular weight excluding hydrogens is 246 g/mol. The van der Waals surface area contributed by atoms with E-state index in [1.165, 1.54) is 17.3 Å². The molecule has 0 aliphatic rings. The van der Waals surface area contributed by atoms with E-state index < -0.39 is 0 Å². The summed E-state index contributed by atoms with van der Waals surface area (Å²) in [5, 5.41) is 2.03. The summed E-state index contributed by atoms with van der Waals surface area (Å²) in [6, 6.07) is 4.06. The van der Waals surface area contributed by atoms with Crippen LogP contribution in [0.3, 0.4) is 0 Å². The van der Waals surface area contributed by atoms with E-state index in [4.69, 9.17) is 6.92 Å². The Hall–Kier alpha value is -1.75. The molecule has 2 aromatic rings. The second-order valence-corrected chi connectivity index (χ2v) is 4.92. The predicted molar refractivity (Wildman–Crippen MR) is 70.4 cm³/mol. The third kappa shape index (κ3) is 3.13. The average molecular weight is 259 g/mol. The lowest BCUT2D eigenvalue weighted by Crippen LogP contribution is -2.29. The Morgan fingerprint density at radius 1 is 1.50 bits per heavy atom. The van der Waals surface area contributed by atoms with Crippen molar-refractivity contribution >= 4 is 17.2 Å². The van der Waals surface area contributed by atoms with E-state index in [-0.39, 0.29) is 17.3 Å². The van der Waals surface area contributed by atoms with E-state index in [0.717, 1.165) is 6.42 Å². The molecule has 0 spiro atoms. The highest BCUT2D eigenvalue weighted by Crippen LogP contribution is 2.10. The van der Waals surface area contributed by atoms with Crippen molar-refractivity contribution in [3.8, 4) is 0 Å². The maximum atomic E-state index is 12.0. The number of hydrogen-bond donors (Lipinski definition) is 0. The molecular formula is C13H13N3OS. The fraction of sp³-hybridized carbons (Fsp3) is 0.231. The van der Waals surface area contributed by atoms with Crippen LogP contribution in [0.4, 0.5) is 0 Å². The summed E-state index contributed by atoms with van der Waals surface area (Å²) in [5.74, 6) is -0.161. The molecule has 2 aromatic heterocycles. The minimum atomic E-state index is -0.161. The lowest BCUT2D eigenvalue weighted by Gasteiger charge is -2.16. The van der Waals surface area contributed by atoms with Crippen molar-refractivity contribution in [1.82, 2.24) is 14.9 Å². The molecule has 0 bridgehead atoms. The predicted octanol–water partition coefficient (Wildman–Crippen LogP) is 1.91. The van der Waals surface area contributed by atoms with Crippen LogP contribution in [0.2, 0.25) is 0 Å². The Balaban J connectivity index is 1.96. The van der Waals surface area contributed by atoms with Gasteiger partial charge >= 0.3 is 0 Å². The first-order valence-corrected chi connectivity index (χ1v) is 6.40. The molecule has 0 fully saturated rings. The van der Waals surface area contributed by atoms with E-state index in [1.807, 2.05) is 11.4 Å². The third-order valence-electron chi connectivity index (χ3n) is 2.49. The van der Waals surface area contributed by atoms with Crippen molar-refractivity contribution in [2.45, 2.75) is 6.42 Å². The highest BCUT2D eigenvalue weighted by molar-refractivity contribution is 7.09. The van der Waals surface area contributed by atoms with E-state index in [1.54, 1.807) is 23.3 Å². The zero-order valence-corrected chi connectivity index (χ0v) is 10.9. The molecule has 18 heavy (non-hydrogen) atoms. The molecule has 1 amide bonds. The molecule has 0 aromatic carbocycles. The number of amides is 1. The van der Waals surface area contributed by atoms with Crippen LogP contribution in [0, 0.1) is 6.92 Å². The quantitative estimate of drug-likeness (QED) is 0.842. The van der Waals surface area contributed by atoms with Crippen LogP contribution in [-0.4, -0.2) is 34.4 Å². The molecule has 2 rings (SSSR count). The Bertz CT molecular complexity index is 525. The monoisotopic (exact) mass is 259 g/mol. The van der Waals surface area contributed by atoms with Crippen LogP contribution >= 0.6 is 11.3 Å². The Labute approximate surface area is 110 Å². The summed E-state index contributed by atoms with van der Waals surface area (Å²) in [4.78, 5) is 22.7. The van der Waals surface area contributed by atoms with Gasteiger partial charge in [0, 0.05) is 31.6 Å². The van der Waals surface area contributed by atoms with Gasteiger partial charge in [-0.15, -0.1) is 11.3 Å². The smallest absolute Gasteiger partial charge is 0.273 e. The van der Waals surface area contributed by atoms with Gasteiger partial charge in [-0.25, -0.2) is 4.98 Å². The van der Waals surface area contributed by atoms with Gasteiger partial charge in [0.15, 0.2) is 0 Å². The average Bonchev–Trinajstić information content (AvgIpc) is 2.88. The summed E-state index contributed by atoms with van der Waals surface area (Å²) < 4.78 is 0. The van der Waals surface area contributed by atoms with Crippen molar-refractivity contribution < 1.29 is 4.79 Å². The van der Waals surface area contributed by atoms with Crippen molar-refractivity contribution in [2.24, 2.45) is 0 Å². The zero-order valence-electron chi connectivity index (χ0n) is 10.0. The molecule has 4 nitrogen and oxygen atoms in total. The molecule has 2 heterocycles. The molecule has 5 heteroatoms. The summed E-state index contributed by atoms with van der Waals surface area (Å²) >= 11 is 1.69. The topological polar surface area (TPSA) is 46.1 Å². The van der Waals surface area contributed by atoms with Crippen molar-refractivity contribution in [1.29, 1.82) is 0 Å². The van der Waals surface area contributed by atoms with Crippen LogP contribution in [0.5, 0.6) is 0 Å². The molecule has 0 saturated heterocycles. The number of carbonyl (C=O) groups excluding carboxylic acids is 1. The van der Waals surface area contributed by atoms with Crippen molar-refractivity contribution in [3.05, 3.63) is 53.1 Å². The first-order chi connectivity index (χ1) is 8.66. The normalized spacial score (nSPS) is 10.3. The van der Waals surface area contributed by atoms with E-state index in [0.29, 0.717) is 6.54 Å². The van der Waals surface area contributed by atoms with Gasteiger partial charge in [0.25, 0.3) is 5.91 Å². The minimum absolute atomic E-state index is 0.161. The van der Waals surface area contributed by atoms with Crippen LogP contribution in [-0.2, 0) is 6.42 Å². The number of rotatable bonds is 4. The second kappa shape index (κ2) is 5.73. The van der Waals surface area contributed by atoms with Crippen LogP contribution < -0.4 is 0 Å². The summed E-state index contributed by atoms with van der Waals surface area (Å²) in [7, 11) is 1.75. The number of aromatic nitrogens is 2. The fourth-order valence-corrected chi connectivity index (χ4v) is 2.21. The van der Waals surface area contributed by atoms with Crippen LogP contribution in [0.25, 0.3) is 0 Å². The standard InChI is InChI=1S/C13H13N3OS/c1-10-8-14-9-12(15-10)13(17)16(2)6-5-11-4-3-7-18-11/h1,3-4,7-9H,5-6H2,2H3. The van der Waals surface area contributed by atoms with Crippen LogP contribution in [0.15, 0.2) is 29.9 Å². The summed E-state index contributed by atoms with van der Waals surface area (Å²) in [6.07, 6.45) is 3.69. The Kier molecular flexibility index (Phi) is 4.04. The van der Waals surface area contributed by atoms with Gasteiger partial charge in [0.1, 0.15) is 5.69 Å². The first kappa shape index (κ1) is 12.7. The molecule has 0 saturated carbocycles. The second-order valence-electron chi connectivity index (χ2n) is 3.89. The largest absolute Gasteiger partial charge is 0.340 e. The third-order valence-corrected chi connectivity index (χ3v) is 3.43. The van der Waals surface area contributed by atoms with Gasteiger partial charge in [0.2, 0.25) is 0 Å². The summed E-state index contributed by atoms with van der Waals surface area (Å²) in [5.41, 5.74) is 0.538. The number of likely N-dealkylation sites (N-methyl/N-ethyl adjacent to an activating group) is 1. The highest BCUT2D eigenvalue weighted by atomic mass is 32.1. The maximum Gasteiger partial charge on any atom is 0.273 e. The van der Waals surface area contributed by atoms with E-state index in [2.05, 4.69) is 16.0 Å². The molecule has 0 aliphatic heterocycles. The van der Waals surface area contributed by atoms with Gasteiger partial charge in [-0.2, -0.15) is 0 Å². The minimum Gasteiger partial charge on any atom is -0.340 e. The van der Waals surface area contributed by atoms with Gasteiger partial charge in [0.05, 0.1) is 11.9 Å². The molecule has 0 aliphatic carbocycles. The van der Waals surface area contributed by atoms with Crippen molar-refractivity contribution in [3.63, 3.8) is 0 Å². The maximum absolute atomic E-state index is 12.0. The molecule has 0 atom stereocenters. The van der Waals surface area contributed by atoms with Gasteiger partial charge in [-0.3, -0.25) is 9.78 Å². The van der Waals surface area contributed by atoms with Gasteiger partial charge in [-0.1, -0.05) is 6.07 Å². The molecule has 0 unspecified atom stereocenters. The Morgan fingerprint density at radius 2 is 2.33 bits per heavy atom. The number of hydrogen-bond acceptors (Lipinski definition) is 4. The van der Waals surface area contributed by atoms with Crippen molar-refractivity contribution in [2.75, 3.05) is 13.6 Å². The van der Waals surface area contributed by atoms with Gasteiger partial charge < -0.3 is 4.90 Å². The Morgan fingerprint density at radius 3 is 3.00 bits per heavy atom. The first-order valence-electron chi connectivity index (χ1n) is 5.52. The summed E-state index contributed by atoms with van der Waals surface area (Å²) in [6.45, 7) is 6.15. The number of nitrogens with zero attached hydrogens (tertiary/aromatic N) is 3. The van der Waals surface area contributed by atoms with Gasteiger partial charge in [-0.05, 0) is 17.9 Å². The molecule has 0 N–H and O–H groups in total. The van der Waals surface area contributed by atoms with Crippen LogP contribution in [0.1, 0.15) is 21.1 Å². The van der Waals surface area contributed by atoms with E-state index in [9.17, 15) is 4.79 Å². The molecule has 92 valence electrons. The highest BCUT2D eigenvalue weighted by Gasteiger charge is 2.13. The lowest BCUT2D eigenvalue weighted by molar-refractivity contribution is 0.0790. The van der Waals surface area contributed by atoms with E-state index >= 15 is 0 Å². The molecule has 2 radical (unpaired) electrons.